The van der Waals surface area contributed by atoms with E-state index in [0.717, 1.165) is 36.3 Å². The molecule has 1 aliphatic heterocycles. The highest BCUT2D eigenvalue weighted by molar-refractivity contribution is 6.31. The molecule has 0 radical (unpaired) electrons. The maximum Gasteiger partial charge on any atom is 0.348 e. The van der Waals surface area contributed by atoms with Gasteiger partial charge >= 0.3 is 5.69 Å². The zero-order chi connectivity index (χ0) is 29.0. The number of carbonyl (C=O) groups is 1. The maximum atomic E-state index is 13.3. The summed E-state index contributed by atoms with van der Waals surface area (Å²) >= 11 is 12.2. The van der Waals surface area contributed by atoms with Crippen LogP contribution in [0.2, 0.25) is 10.0 Å². The van der Waals surface area contributed by atoms with E-state index in [1.807, 2.05) is 43.3 Å². The SMILES string of the molecule is CCOC.O=CCn1c(N2CC3(CCc4ccccc43)C(c3ccc(Cl)cc3)=N2)nn(Cc2ccc(Cl)cc2)c1=O. The molecule has 0 N–H and O–H groups in total. The fourth-order valence-electron chi connectivity index (χ4n) is 5.46. The highest BCUT2D eigenvalue weighted by Crippen LogP contribution is 2.46. The Bertz CT molecular complexity index is 1610. The third-order valence-corrected chi connectivity index (χ3v) is 7.99. The number of nitrogens with zero attached hydrogens (tertiary/aromatic N) is 5. The van der Waals surface area contributed by atoms with Gasteiger partial charge in [0.1, 0.15) is 6.29 Å². The van der Waals surface area contributed by atoms with Crippen LogP contribution in [0.15, 0.2) is 82.7 Å². The van der Waals surface area contributed by atoms with Crippen molar-refractivity contribution in [1.82, 2.24) is 14.3 Å². The van der Waals surface area contributed by atoms with Gasteiger partial charge < -0.3 is 9.53 Å². The Morgan fingerprint density at radius 1 is 1.00 bits per heavy atom. The van der Waals surface area contributed by atoms with Gasteiger partial charge in [0.25, 0.3) is 0 Å². The van der Waals surface area contributed by atoms with Crippen LogP contribution in [0.25, 0.3) is 0 Å². The number of hydrazone groups is 1. The summed E-state index contributed by atoms with van der Waals surface area (Å²) in [7, 11) is 1.68. The quantitative estimate of drug-likeness (QED) is 0.270. The number of rotatable bonds is 7. The minimum atomic E-state index is -0.369. The first-order chi connectivity index (χ1) is 19.9. The average molecular weight is 593 g/mol. The van der Waals surface area contributed by atoms with E-state index >= 15 is 0 Å². The third kappa shape index (κ3) is 5.73. The summed E-state index contributed by atoms with van der Waals surface area (Å²) in [6.07, 6.45) is 2.52. The number of anilines is 1. The fourth-order valence-corrected chi connectivity index (χ4v) is 5.71. The number of carbonyl (C=O) groups excluding carboxylic acids is 1. The van der Waals surface area contributed by atoms with Gasteiger partial charge in [-0.1, -0.05) is 71.7 Å². The summed E-state index contributed by atoms with van der Waals surface area (Å²) < 4.78 is 7.29. The van der Waals surface area contributed by atoms with Crippen LogP contribution >= 0.6 is 23.2 Å². The molecule has 41 heavy (non-hydrogen) atoms. The average Bonchev–Trinajstić information content (AvgIpc) is 3.66. The van der Waals surface area contributed by atoms with E-state index in [0.29, 0.717) is 28.8 Å². The van der Waals surface area contributed by atoms with Crippen molar-refractivity contribution in [2.45, 2.75) is 38.3 Å². The van der Waals surface area contributed by atoms with Gasteiger partial charge in [-0.05, 0) is 66.3 Å². The summed E-state index contributed by atoms with van der Waals surface area (Å²) in [4.78, 5) is 24.8. The molecule has 0 amide bonds. The molecular formula is C31H31Cl2N5O3. The lowest BCUT2D eigenvalue weighted by atomic mass is 9.75. The molecule has 2 heterocycles. The van der Waals surface area contributed by atoms with Crippen molar-refractivity contribution in [3.05, 3.63) is 116 Å². The molecule has 2 aliphatic rings. The first-order valence-corrected chi connectivity index (χ1v) is 14.2. The number of aromatic nitrogens is 3. The van der Waals surface area contributed by atoms with Crippen molar-refractivity contribution in [2.75, 3.05) is 25.3 Å². The topological polar surface area (TPSA) is 81.7 Å². The van der Waals surface area contributed by atoms with E-state index in [4.69, 9.17) is 28.3 Å². The first kappa shape index (κ1) is 28.8. The van der Waals surface area contributed by atoms with E-state index in [1.165, 1.54) is 20.4 Å². The zero-order valence-electron chi connectivity index (χ0n) is 23.0. The van der Waals surface area contributed by atoms with Crippen LogP contribution in [0.3, 0.4) is 0 Å². The Kier molecular flexibility index (Phi) is 8.73. The molecule has 1 atom stereocenters. The van der Waals surface area contributed by atoms with Crippen molar-refractivity contribution < 1.29 is 9.53 Å². The van der Waals surface area contributed by atoms with Gasteiger partial charge in [0.05, 0.1) is 30.8 Å². The van der Waals surface area contributed by atoms with E-state index in [1.54, 1.807) is 24.3 Å². The van der Waals surface area contributed by atoms with Gasteiger partial charge in [0, 0.05) is 23.8 Å². The largest absolute Gasteiger partial charge is 0.385 e. The standard InChI is InChI=1S/C28H23Cl2N5O2.C3H8O/c29-22-9-5-19(6-10-22)17-34-27(37)33(15-16-36)26(32-34)35-18-28(14-13-20-3-1-2-4-24(20)28)25(31-35)21-7-11-23(30)12-8-21;1-3-4-2/h1-12,16H,13-15,17-18H2;3H2,1-2H3. The maximum absolute atomic E-state index is 13.3. The third-order valence-electron chi connectivity index (χ3n) is 7.49. The number of benzene rings is 3. The van der Waals surface area contributed by atoms with Crippen LogP contribution in [-0.4, -0.2) is 46.6 Å². The second-order valence-electron chi connectivity index (χ2n) is 9.97. The van der Waals surface area contributed by atoms with Crippen LogP contribution in [-0.2, 0) is 34.5 Å². The smallest absolute Gasteiger partial charge is 0.348 e. The Morgan fingerprint density at radius 3 is 2.32 bits per heavy atom. The molecule has 212 valence electrons. The Hall–Kier alpha value is -3.72. The molecule has 1 spiro atoms. The molecule has 0 saturated heterocycles. The lowest BCUT2D eigenvalue weighted by Crippen LogP contribution is -2.37. The predicted molar refractivity (Wildman–Crippen MR) is 162 cm³/mol. The summed E-state index contributed by atoms with van der Waals surface area (Å²) in [5.74, 6) is 0.346. The number of hydrogen-bond donors (Lipinski definition) is 0. The van der Waals surface area contributed by atoms with Crippen molar-refractivity contribution in [1.29, 1.82) is 0 Å². The number of ether oxygens (including phenoxy) is 1. The molecule has 10 heteroatoms. The van der Waals surface area contributed by atoms with Gasteiger partial charge in [-0.2, -0.15) is 5.10 Å². The van der Waals surface area contributed by atoms with Crippen LogP contribution in [0, 0.1) is 0 Å². The molecule has 6 rings (SSSR count). The molecule has 1 aromatic heterocycles. The fraction of sp³-hybridized carbons (Fsp3) is 0.290. The summed E-state index contributed by atoms with van der Waals surface area (Å²) in [6.45, 7) is 3.43. The van der Waals surface area contributed by atoms with E-state index in [-0.39, 0.29) is 24.2 Å². The molecular weight excluding hydrogens is 561 g/mol. The molecule has 0 bridgehead atoms. The summed E-state index contributed by atoms with van der Waals surface area (Å²) in [5, 5.41) is 12.7. The normalized spacial score (nSPS) is 17.3. The highest BCUT2D eigenvalue weighted by Gasteiger charge is 2.49. The minimum Gasteiger partial charge on any atom is -0.385 e. The number of hydrogen-bond acceptors (Lipinski definition) is 6. The first-order valence-electron chi connectivity index (χ1n) is 13.5. The summed E-state index contributed by atoms with van der Waals surface area (Å²) in [6, 6.07) is 23.4. The van der Waals surface area contributed by atoms with Gasteiger partial charge in [0.15, 0.2) is 0 Å². The molecule has 4 aromatic rings. The van der Waals surface area contributed by atoms with Crippen molar-refractivity contribution in [3.8, 4) is 0 Å². The second kappa shape index (κ2) is 12.4. The Balaban J connectivity index is 0.000000794. The van der Waals surface area contributed by atoms with Crippen LogP contribution in [0.5, 0.6) is 0 Å². The van der Waals surface area contributed by atoms with Crippen molar-refractivity contribution >= 4 is 41.1 Å². The lowest BCUT2D eigenvalue weighted by Gasteiger charge is -2.27. The summed E-state index contributed by atoms with van der Waals surface area (Å²) in [5.41, 5.74) is 4.54. The number of fused-ring (bicyclic) bond motifs is 2. The number of halogens is 2. The van der Waals surface area contributed by atoms with Crippen molar-refractivity contribution in [2.24, 2.45) is 5.10 Å². The van der Waals surface area contributed by atoms with Crippen LogP contribution in [0.1, 0.15) is 35.6 Å². The van der Waals surface area contributed by atoms with Gasteiger partial charge in [-0.15, -0.1) is 5.10 Å². The minimum absolute atomic E-state index is 0.110. The predicted octanol–water partition coefficient (Wildman–Crippen LogP) is 5.36. The monoisotopic (exact) mass is 591 g/mol. The molecule has 8 nitrogen and oxygen atoms in total. The molecule has 1 aliphatic carbocycles. The molecule has 3 aromatic carbocycles. The van der Waals surface area contributed by atoms with E-state index in [2.05, 4.69) is 34.1 Å². The molecule has 0 saturated carbocycles. The number of aldehydes is 1. The van der Waals surface area contributed by atoms with E-state index in [9.17, 15) is 9.59 Å². The van der Waals surface area contributed by atoms with Gasteiger partial charge in [-0.3, -0.25) is 4.57 Å². The number of aryl methyl sites for hydroxylation is 1. The van der Waals surface area contributed by atoms with E-state index < -0.39 is 0 Å². The number of methoxy groups -OCH3 is 1. The van der Waals surface area contributed by atoms with Gasteiger partial charge in [0.2, 0.25) is 5.95 Å². The Labute approximate surface area is 248 Å². The van der Waals surface area contributed by atoms with Gasteiger partial charge in [-0.25, -0.2) is 14.5 Å². The highest BCUT2D eigenvalue weighted by atomic mass is 35.5. The van der Waals surface area contributed by atoms with Crippen molar-refractivity contribution in [3.63, 3.8) is 0 Å². The molecule has 1 unspecified atom stereocenters. The lowest BCUT2D eigenvalue weighted by molar-refractivity contribution is -0.108. The zero-order valence-corrected chi connectivity index (χ0v) is 24.5. The molecule has 0 fully saturated rings. The van der Waals surface area contributed by atoms with Crippen LogP contribution < -0.4 is 10.7 Å². The second-order valence-corrected chi connectivity index (χ2v) is 10.8. The Morgan fingerprint density at radius 2 is 1.66 bits per heavy atom. The van der Waals surface area contributed by atoms with Crippen LogP contribution in [0.4, 0.5) is 5.95 Å².